The van der Waals surface area contributed by atoms with Gasteiger partial charge in [-0.05, 0) is 35.9 Å². The van der Waals surface area contributed by atoms with Crippen molar-refractivity contribution in [2.24, 2.45) is 5.73 Å². The largest absolute Gasteiger partial charge is 0.326 e. The van der Waals surface area contributed by atoms with Gasteiger partial charge in [0, 0.05) is 11.6 Å². The number of benzene rings is 2. The van der Waals surface area contributed by atoms with Crippen LogP contribution < -0.4 is 10.5 Å². The Morgan fingerprint density at radius 3 is 2.43 bits per heavy atom. The molecule has 2 aromatic carbocycles. The third kappa shape index (κ3) is 3.62. The van der Waals surface area contributed by atoms with E-state index in [-0.39, 0.29) is 27.2 Å². The summed E-state index contributed by atoms with van der Waals surface area (Å²) in [6.45, 7) is 0.139. The van der Waals surface area contributed by atoms with Crippen molar-refractivity contribution >= 4 is 50.5 Å². The summed E-state index contributed by atoms with van der Waals surface area (Å²) >= 11 is 17.7. The molecule has 4 nitrogen and oxygen atoms in total. The summed E-state index contributed by atoms with van der Waals surface area (Å²) in [6, 6.07) is 8.98. The number of nitrogens with one attached hydrogen (secondary N) is 1. The van der Waals surface area contributed by atoms with E-state index in [4.69, 9.17) is 40.5 Å². The lowest BCUT2D eigenvalue weighted by Crippen LogP contribution is -2.14. The molecule has 3 N–H and O–H groups in total. The molecule has 0 bridgehead atoms. The average molecular weight is 366 g/mol. The van der Waals surface area contributed by atoms with Crippen LogP contribution in [0.4, 0.5) is 5.69 Å². The summed E-state index contributed by atoms with van der Waals surface area (Å²) in [5.41, 5.74) is 6.26. The van der Waals surface area contributed by atoms with Gasteiger partial charge < -0.3 is 5.73 Å². The molecule has 2 rings (SSSR count). The highest BCUT2D eigenvalue weighted by molar-refractivity contribution is 7.92. The van der Waals surface area contributed by atoms with Gasteiger partial charge in [-0.15, -0.1) is 0 Å². The standard InChI is InChI=1S/C13H11Cl3N2O2S/c14-10-5-4-9(6-8(10)7-17)21(19,20)18-12-3-1-2-11(15)13(12)16/h1-6,18H,7,17H2. The molecule has 0 aromatic heterocycles. The monoisotopic (exact) mass is 364 g/mol. The van der Waals surface area contributed by atoms with Crippen LogP contribution in [0.2, 0.25) is 15.1 Å². The lowest BCUT2D eigenvalue weighted by Gasteiger charge is -2.11. The summed E-state index contributed by atoms with van der Waals surface area (Å²) in [5.74, 6) is 0. The van der Waals surface area contributed by atoms with Crippen LogP contribution in [0.15, 0.2) is 41.3 Å². The maximum Gasteiger partial charge on any atom is 0.261 e. The molecule has 0 radical (unpaired) electrons. The second-order valence-electron chi connectivity index (χ2n) is 4.16. The van der Waals surface area contributed by atoms with E-state index < -0.39 is 10.0 Å². The Labute approximate surface area is 137 Å². The molecular weight excluding hydrogens is 355 g/mol. The lowest BCUT2D eigenvalue weighted by atomic mass is 10.2. The molecule has 0 saturated carbocycles. The van der Waals surface area contributed by atoms with Gasteiger partial charge in [0.15, 0.2) is 0 Å². The number of hydrogen-bond donors (Lipinski definition) is 2. The zero-order chi connectivity index (χ0) is 15.6. The molecule has 2 aromatic rings. The molecule has 0 unspecified atom stereocenters. The van der Waals surface area contributed by atoms with Gasteiger partial charge in [-0.3, -0.25) is 4.72 Å². The minimum absolute atomic E-state index is 0.0448. The van der Waals surface area contributed by atoms with Crippen molar-refractivity contribution < 1.29 is 8.42 Å². The van der Waals surface area contributed by atoms with Crippen molar-refractivity contribution in [2.45, 2.75) is 11.4 Å². The molecule has 112 valence electrons. The van der Waals surface area contributed by atoms with Gasteiger partial charge >= 0.3 is 0 Å². The van der Waals surface area contributed by atoms with E-state index in [2.05, 4.69) is 4.72 Å². The van der Waals surface area contributed by atoms with Crippen molar-refractivity contribution in [3.05, 3.63) is 57.0 Å². The molecule has 0 spiro atoms. The Morgan fingerprint density at radius 1 is 1.05 bits per heavy atom. The molecule has 0 aliphatic rings. The number of anilines is 1. The van der Waals surface area contributed by atoms with Crippen molar-refractivity contribution in [1.29, 1.82) is 0 Å². The molecule has 8 heteroatoms. The number of rotatable bonds is 4. The highest BCUT2D eigenvalue weighted by Crippen LogP contribution is 2.31. The number of hydrogen-bond acceptors (Lipinski definition) is 3. The summed E-state index contributed by atoms with van der Waals surface area (Å²) < 4.78 is 27.1. The number of halogens is 3. The third-order valence-electron chi connectivity index (χ3n) is 2.74. The second-order valence-corrected chi connectivity index (χ2v) is 7.04. The Morgan fingerprint density at radius 2 is 1.76 bits per heavy atom. The van der Waals surface area contributed by atoms with E-state index in [1.165, 1.54) is 24.3 Å². The Kier molecular flexibility index (Phi) is 5.01. The maximum atomic E-state index is 12.3. The molecule has 21 heavy (non-hydrogen) atoms. The van der Waals surface area contributed by atoms with Crippen molar-refractivity contribution in [3.8, 4) is 0 Å². The van der Waals surface area contributed by atoms with Gasteiger partial charge in [-0.25, -0.2) is 8.42 Å². The topological polar surface area (TPSA) is 72.2 Å². The van der Waals surface area contributed by atoms with Gasteiger partial charge in [0.1, 0.15) is 0 Å². The fourth-order valence-electron chi connectivity index (χ4n) is 1.66. The first kappa shape index (κ1) is 16.4. The molecule has 0 amide bonds. The zero-order valence-electron chi connectivity index (χ0n) is 10.6. The first-order chi connectivity index (χ1) is 9.85. The fourth-order valence-corrected chi connectivity index (χ4v) is 3.38. The van der Waals surface area contributed by atoms with Gasteiger partial charge in [-0.2, -0.15) is 0 Å². The minimum Gasteiger partial charge on any atom is -0.326 e. The van der Waals surface area contributed by atoms with Crippen LogP contribution in [0.1, 0.15) is 5.56 Å². The van der Waals surface area contributed by atoms with Crippen LogP contribution in [-0.2, 0) is 16.6 Å². The third-order valence-corrected chi connectivity index (χ3v) is 5.29. The van der Waals surface area contributed by atoms with E-state index in [1.807, 2.05) is 0 Å². The molecular formula is C13H11Cl3N2O2S. The molecule has 0 heterocycles. The van der Waals surface area contributed by atoms with Gasteiger partial charge in [0.25, 0.3) is 10.0 Å². The van der Waals surface area contributed by atoms with E-state index in [0.717, 1.165) is 0 Å². The van der Waals surface area contributed by atoms with Crippen LogP contribution in [0.5, 0.6) is 0 Å². The SMILES string of the molecule is NCc1cc(S(=O)(=O)Nc2cccc(Cl)c2Cl)ccc1Cl. The molecule has 0 aliphatic carbocycles. The average Bonchev–Trinajstić information content (AvgIpc) is 2.44. The highest BCUT2D eigenvalue weighted by atomic mass is 35.5. The molecule has 0 atom stereocenters. The Hall–Kier alpha value is -0.980. The summed E-state index contributed by atoms with van der Waals surface area (Å²) in [6.07, 6.45) is 0. The first-order valence-corrected chi connectivity index (χ1v) is 8.42. The maximum absolute atomic E-state index is 12.3. The predicted octanol–water partition coefficient (Wildman–Crippen LogP) is 3.91. The summed E-state index contributed by atoms with van der Waals surface area (Å²) in [5, 5.41) is 0.809. The van der Waals surface area contributed by atoms with E-state index >= 15 is 0 Å². The highest BCUT2D eigenvalue weighted by Gasteiger charge is 2.17. The van der Waals surface area contributed by atoms with Crippen LogP contribution >= 0.6 is 34.8 Å². The molecule has 0 saturated heterocycles. The second kappa shape index (κ2) is 6.42. The smallest absolute Gasteiger partial charge is 0.261 e. The first-order valence-electron chi connectivity index (χ1n) is 5.80. The fraction of sp³-hybridized carbons (Fsp3) is 0.0769. The van der Waals surface area contributed by atoms with E-state index in [0.29, 0.717) is 10.6 Å². The van der Waals surface area contributed by atoms with Crippen molar-refractivity contribution in [2.75, 3.05) is 4.72 Å². The predicted molar refractivity (Wildman–Crippen MR) is 86.6 cm³/mol. The lowest BCUT2D eigenvalue weighted by molar-refractivity contribution is 0.601. The van der Waals surface area contributed by atoms with Gasteiger partial charge in [-0.1, -0.05) is 40.9 Å². The van der Waals surface area contributed by atoms with Gasteiger partial charge in [0.2, 0.25) is 0 Å². The minimum atomic E-state index is -3.81. The normalized spacial score (nSPS) is 11.4. The molecule has 0 fully saturated rings. The summed E-state index contributed by atoms with van der Waals surface area (Å²) in [4.78, 5) is 0.0448. The van der Waals surface area contributed by atoms with Crippen LogP contribution in [0, 0.1) is 0 Å². The van der Waals surface area contributed by atoms with Crippen LogP contribution in [-0.4, -0.2) is 8.42 Å². The Bertz CT molecular complexity index is 779. The number of sulfonamides is 1. The van der Waals surface area contributed by atoms with Crippen molar-refractivity contribution in [1.82, 2.24) is 0 Å². The zero-order valence-corrected chi connectivity index (χ0v) is 13.7. The van der Waals surface area contributed by atoms with Gasteiger partial charge in [0.05, 0.1) is 20.6 Å². The van der Waals surface area contributed by atoms with Crippen LogP contribution in [0.3, 0.4) is 0 Å². The number of nitrogens with two attached hydrogens (primary N) is 1. The van der Waals surface area contributed by atoms with Crippen LogP contribution in [0.25, 0.3) is 0 Å². The van der Waals surface area contributed by atoms with Crippen molar-refractivity contribution in [3.63, 3.8) is 0 Å². The molecule has 0 aliphatic heterocycles. The quantitative estimate of drug-likeness (QED) is 0.863. The van der Waals surface area contributed by atoms with E-state index in [1.54, 1.807) is 12.1 Å². The Balaban J connectivity index is 2.41. The van der Waals surface area contributed by atoms with E-state index in [9.17, 15) is 8.42 Å². The summed E-state index contributed by atoms with van der Waals surface area (Å²) in [7, 11) is -3.81.